The van der Waals surface area contributed by atoms with Gasteiger partial charge in [-0.25, -0.2) is 13.2 Å². The second kappa shape index (κ2) is 5.23. The van der Waals surface area contributed by atoms with Gasteiger partial charge in [-0.15, -0.1) is 0 Å². The van der Waals surface area contributed by atoms with E-state index in [0.717, 1.165) is 12.1 Å². The van der Waals surface area contributed by atoms with Crippen LogP contribution in [0, 0.1) is 24.4 Å². The van der Waals surface area contributed by atoms with Crippen LogP contribution in [0.1, 0.15) is 22.8 Å². The van der Waals surface area contributed by atoms with Crippen LogP contribution in [-0.4, -0.2) is 5.11 Å². The number of aliphatic hydroxyl groups is 1. The zero-order chi connectivity index (χ0) is 14.2. The number of rotatable bonds is 2. The molecule has 2 rings (SSSR count). The van der Waals surface area contributed by atoms with E-state index < -0.39 is 23.6 Å². The number of aliphatic hydroxyl groups excluding tert-OH is 1. The second-order valence-corrected chi connectivity index (χ2v) is 4.60. The van der Waals surface area contributed by atoms with E-state index in [4.69, 9.17) is 11.6 Å². The van der Waals surface area contributed by atoms with Gasteiger partial charge in [-0.2, -0.15) is 0 Å². The van der Waals surface area contributed by atoms with Gasteiger partial charge in [-0.05, 0) is 36.2 Å². The van der Waals surface area contributed by atoms with Gasteiger partial charge >= 0.3 is 0 Å². The summed E-state index contributed by atoms with van der Waals surface area (Å²) >= 11 is 5.81. The molecule has 2 aromatic rings. The molecule has 0 spiro atoms. The Balaban J connectivity index is 2.53. The third kappa shape index (κ3) is 2.60. The van der Waals surface area contributed by atoms with E-state index >= 15 is 0 Å². The van der Waals surface area contributed by atoms with Crippen molar-refractivity contribution in [2.75, 3.05) is 0 Å². The molecule has 5 heteroatoms. The van der Waals surface area contributed by atoms with Gasteiger partial charge in [-0.3, -0.25) is 0 Å². The van der Waals surface area contributed by atoms with Crippen molar-refractivity contribution in [2.45, 2.75) is 13.0 Å². The van der Waals surface area contributed by atoms with Gasteiger partial charge in [0.05, 0.1) is 0 Å². The van der Waals surface area contributed by atoms with Crippen LogP contribution in [0.25, 0.3) is 0 Å². The van der Waals surface area contributed by atoms with Crippen molar-refractivity contribution in [3.8, 4) is 0 Å². The molecule has 0 aromatic heterocycles. The predicted octanol–water partition coefficient (Wildman–Crippen LogP) is 4.15. The molecule has 0 heterocycles. The normalized spacial score (nSPS) is 12.5. The van der Waals surface area contributed by atoms with E-state index in [1.165, 1.54) is 6.07 Å². The van der Waals surface area contributed by atoms with Gasteiger partial charge in [0.15, 0.2) is 17.5 Å². The molecule has 0 aliphatic rings. The minimum absolute atomic E-state index is 0.329. The first kappa shape index (κ1) is 13.9. The monoisotopic (exact) mass is 286 g/mol. The molecule has 0 saturated heterocycles. The second-order valence-electron chi connectivity index (χ2n) is 4.17. The Kier molecular flexibility index (Phi) is 3.83. The average Bonchev–Trinajstić information content (AvgIpc) is 2.38. The summed E-state index contributed by atoms with van der Waals surface area (Å²) < 4.78 is 39.6. The van der Waals surface area contributed by atoms with Gasteiger partial charge in [0.2, 0.25) is 0 Å². The van der Waals surface area contributed by atoms with Crippen molar-refractivity contribution in [1.82, 2.24) is 0 Å². The molecule has 19 heavy (non-hydrogen) atoms. The molecule has 0 aliphatic heterocycles. The molecule has 0 radical (unpaired) electrons. The summed E-state index contributed by atoms with van der Waals surface area (Å²) in [5.74, 6) is -4.29. The van der Waals surface area contributed by atoms with E-state index in [0.29, 0.717) is 16.1 Å². The van der Waals surface area contributed by atoms with E-state index in [1.54, 1.807) is 19.1 Å². The molecule has 100 valence electrons. The predicted molar refractivity (Wildman–Crippen MR) is 66.6 cm³/mol. The SMILES string of the molecule is Cc1ccc(Cl)cc1C(O)c1ccc(F)c(F)c1F. The lowest BCUT2D eigenvalue weighted by Gasteiger charge is -2.15. The first-order chi connectivity index (χ1) is 8.91. The standard InChI is InChI=1S/C14H10ClF3O/c1-7-2-3-8(15)6-10(7)14(19)9-4-5-11(16)13(18)12(9)17/h2-6,14,19H,1H3. The van der Waals surface area contributed by atoms with Crippen molar-refractivity contribution < 1.29 is 18.3 Å². The molecular weight excluding hydrogens is 277 g/mol. The van der Waals surface area contributed by atoms with Gasteiger partial charge in [0, 0.05) is 10.6 Å². The van der Waals surface area contributed by atoms with E-state index in [9.17, 15) is 18.3 Å². The number of hydrogen-bond donors (Lipinski definition) is 1. The van der Waals surface area contributed by atoms with Crippen molar-refractivity contribution in [2.24, 2.45) is 0 Å². The van der Waals surface area contributed by atoms with Gasteiger partial charge < -0.3 is 5.11 Å². The highest BCUT2D eigenvalue weighted by Gasteiger charge is 2.21. The van der Waals surface area contributed by atoms with Crippen molar-refractivity contribution >= 4 is 11.6 Å². The first-order valence-corrected chi connectivity index (χ1v) is 5.87. The van der Waals surface area contributed by atoms with Crippen molar-refractivity contribution in [1.29, 1.82) is 0 Å². The smallest absolute Gasteiger partial charge is 0.194 e. The summed E-state index contributed by atoms with van der Waals surface area (Å²) in [7, 11) is 0. The molecular formula is C14H10ClF3O. The Morgan fingerprint density at radius 2 is 1.68 bits per heavy atom. The number of hydrogen-bond acceptors (Lipinski definition) is 1. The Morgan fingerprint density at radius 3 is 2.37 bits per heavy atom. The van der Waals surface area contributed by atoms with Gasteiger partial charge in [-0.1, -0.05) is 23.7 Å². The maximum absolute atomic E-state index is 13.6. The molecule has 1 N–H and O–H groups in total. The molecule has 2 aromatic carbocycles. The minimum Gasteiger partial charge on any atom is -0.384 e. The minimum atomic E-state index is -1.60. The lowest BCUT2D eigenvalue weighted by atomic mass is 9.97. The number of benzene rings is 2. The summed E-state index contributed by atoms with van der Waals surface area (Å²) in [6, 6.07) is 6.52. The Bertz CT molecular complexity index is 628. The van der Waals surface area contributed by atoms with E-state index in [1.807, 2.05) is 0 Å². The Hall–Kier alpha value is -1.52. The number of aryl methyl sites for hydroxylation is 1. The lowest BCUT2D eigenvalue weighted by Crippen LogP contribution is -2.07. The summed E-state index contributed by atoms with van der Waals surface area (Å²) in [5.41, 5.74) is 0.683. The summed E-state index contributed by atoms with van der Waals surface area (Å²) in [6.45, 7) is 1.70. The number of halogens is 4. The molecule has 0 bridgehead atoms. The summed E-state index contributed by atoms with van der Waals surface area (Å²) in [5, 5.41) is 10.5. The van der Waals surface area contributed by atoms with Gasteiger partial charge in [0.25, 0.3) is 0 Å². The highest BCUT2D eigenvalue weighted by molar-refractivity contribution is 6.30. The maximum Gasteiger partial charge on any atom is 0.194 e. The third-order valence-corrected chi connectivity index (χ3v) is 3.13. The molecule has 0 fully saturated rings. The van der Waals surface area contributed by atoms with Crippen LogP contribution in [-0.2, 0) is 0 Å². The van der Waals surface area contributed by atoms with Gasteiger partial charge in [0.1, 0.15) is 6.10 Å². The zero-order valence-corrected chi connectivity index (χ0v) is 10.7. The lowest BCUT2D eigenvalue weighted by molar-refractivity contribution is 0.212. The molecule has 1 unspecified atom stereocenters. The molecule has 0 amide bonds. The molecule has 0 saturated carbocycles. The fourth-order valence-corrected chi connectivity index (χ4v) is 2.01. The topological polar surface area (TPSA) is 20.2 Å². The van der Waals surface area contributed by atoms with Crippen LogP contribution in [0.15, 0.2) is 30.3 Å². The largest absolute Gasteiger partial charge is 0.384 e. The summed E-state index contributed by atoms with van der Waals surface area (Å²) in [4.78, 5) is 0. The molecule has 0 aliphatic carbocycles. The highest BCUT2D eigenvalue weighted by atomic mass is 35.5. The van der Waals surface area contributed by atoms with E-state index in [-0.39, 0.29) is 5.56 Å². The maximum atomic E-state index is 13.6. The average molecular weight is 287 g/mol. The molecule has 1 nitrogen and oxygen atoms in total. The quantitative estimate of drug-likeness (QED) is 0.822. The molecule has 1 atom stereocenters. The van der Waals surface area contributed by atoms with Crippen LogP contribution >= 0.6 is 11.6 Å². The van der Waals surface area contributed by atoms with Crippen molar-refractivity contribution in [3.05, 3.63) is 69.5 Å². The summed E-state index contributed by atoms with van der Waals surface area (Å²) in [6.07, 6.45) is -1.41. The Labute approximate surface area is 113 Å². The van der Waals surface area contributed by atoms with E-state index in [2.05, 4.69) is 0 Å². The van der Waals surface area contributed by atoms with Crippen molar-refractivity contribution in [3.63, 3.8) is 0 Å². The van der Waals surface area contributed by atoms with Crippen LogP contribution < -0.4 is 0 Å². The van der Waals surface area contributed by atoms with Crippen LogP contribution in [0.4, 0.5) is 13.2 Å². The fourth-order valence-electron chi connectivity index (χ4n) is 1.83. The van der Waals surface area contributed by atoms with Crippen LogP contribution in [0.3, 0.4) is 0 Å². The highest BCUT2D eigenvalue weighted by Crippen LogP contribution is 2.30. The fraction of sp³-hybridized carbons (Fsp3) is 0.143. The Morgan fingerprint density at radius 1 is 1.00 bits per heavy atom. The van der Waals surface area contributed by atoms with Crippen LogP contribution in [0.2, 0.25) is 5.02 Å². The first-order valence-electron chi connectivity index (χ1n) is 5.49. The zero-order valence-electron chi connectivity index (χ0n) is 9.92. The third-order valence-electron chi connectivity index (χ3n) is 2.90. The van der Waals surface area contributed by atoms with Crippen LogP contribution in [0.5, 0.6) is 0 Å².